The highest BCUT2D eigenvalue weighted by molar-refractivity contribution is 7.99. The Morgan fingerprint density at radius 2 is 1.83 bits per heavy atom. The molecule has 0 unspecified atom stereocenters. The van der Waals surface area contributed by atoms with Crippen molar-refractivity contribution in [1.82, 2.24) is 19.7 Å². The van der Waals surface area contributed by atoms with E-state index in [1.807, 2.05) is 22.8 Å². The SMILES string of the molecule is C=CCn1c(SCC(=O)c2ccc(C(C)C)cc2C(C)C)nnc1-c1ccncc1. The van der Waals surface area contributed by atoms with E-state index in [1.165, 1.54) is 17.3 Å². The first-order chi connectivity index (χ1) is 14.4. The number of hydrogen-bond acceptors (Lipinski definition) is 5. The Bertz CT molecular complexity index is 1020. The van der Waals surface area contributed by atoms with Crippen molar-refractivity contribution in [2.24, 2.45) is 0 Å². The van der Waals surface area contributed by atoms with Crippen LogP contribution in [0.4, 0.5) is 0 Å². The van der Waals surface area contributed by atoms with Gasteiger partial charge in [0.2, 0.25) is 0 Å². The number of Topliss-reactive ketones (excluding diaryl/α,β-unsaturated/α-hetero) is 1. The van der Waals surface area contributed by atoms with Crippen LogP contribution in [-0.4, -0.2) is 31.3 Å². The van der Waals surface area contributed by atoms with Gasteiger partial charge < -0.3 is 0 Å². The Morgan fingerprint density at radius 3 is 2.47 bits per heavy atom. The molecule has 0 saturated carbocycles. The molecule has 0 spiro atoms. The second-order valence-corrected chi connectivity index (χ2v) is 8.75. The van der Waals surface area contributed by atoms with Gasteiger partial charge in [-0.15, -0.1) is 16.8 Å². The van der Waals surface area contributed by atoms with Crippen LogP contribution in [0.2, 0.25) is 0 Å². The van der Waals surface area contributed by atoms with Gasteiger partial charge in [-0.2, -0.15) is 0 Å². The molecule has 156 valence electrons. The smallest absolute Gasteiger partial charge is 0.192 e. The van der Waals surface area contributed by atoms with E-state index in [2.05, 4.69) is 61.6 Å². The third-order valence-corrected chi connectivity index (χ3v) is 5.93. The summed E-state index contributed by atoms with van der Waals surface area (Å²) in [4.78, 5) is 17.1. The first kappa shape index (κ1) is 22.0. The van der Waals surface area contributed by atoms with E-state index >= 15 is 0 Å². The highest BCUT2D eigenvalue weighted by Crippen LogP contribution is 2.28. The number of carbonyl (C=O) groups is 1. The van der Waals surface area contributed by atoms with Crippen molar-refractivity contribution in [3.05, 3.63) is 72.1 Å². The number of allylic oxidation sites excluding steroid dienone is 1. The lowest BCUT2D eigenvalue weighted by Gasteiger charge is -2.15. The van der Waals surface area contributed by atoms with Gasteiger partial charge in [-0.3, -0.25) is 14.3 Å². The molecule has 0 atom stereocenters. The number of nitrogens with zero attached hydrogens (tertiary/aromatic N) is 4. The summed E-state index contributed by atoms with van der Waals surface area (Å²) >= 11 is 1.41. The maximum atomic E-state index is 13.1. The molecule has 3 rings (SSSR count). The van der Waals surface area contributed by atoms with E-state index in [0.29, 0.717) is 23.4 Å². The highest BCUT2D eigenvalue weighted by Gasteiger charge is 2.19. The van der Waals surface area contributed by atoms with Gasteiger partial charge in [-0.1, -0.05) is 63.7 Å². The first-order valence-electron chi connectivity index (χ1n) is 10.2. The fraction of sp³-hybridized carbons (Fsp3) is 0.333. The molecule has 5 nitrogen and oxygen atoms in total. The summed E-state index contributed by atoms with van der Waals surface area (Å²) in [6.45, 7) is 13.0. The average molecular weight is 421 g/mol. The molecular formula is C24H28N4OS. The lowest BCUT2D eigenvalue weighted by Crippen LogP contribution is -2.10. The minimum Gasteiger partial charge on any atom is -0.298 e. The summed E-state index contributed by atoms with van der Waals surface area (Å²) in [6.07, 6.45) is 5.27. The predicted octanol–water partition coefficient (Wildman–Crippen LogP) is 5.75. The van der Waals surface area contributed by atoms with Gasteiger partial charge in [-0.05, 0) is 35.1 Å². The number of ketones is 1. The van der Waals surface area contributed by atoms with Crippen LogP contribution >= 0.6 is 11.8 Å². The van der Waals surface area contributed by atoms with Crippen LogP contribution in [0.5, 0.6) is 0 Å². The van der Waals surface area contributed by atoms with E-state index in [9.17, 15) is 4.79 Å². The number of aromatic nitrogens is 4. The molecule has 3 aromatic rings. The summed E-state index contributed by atoms with van der Waals surface area (Å²) in [7, 11) is 0. The lowest BCUT2D eigenvalue weighted by atomic mass is 9.90. The normalized spacial score (nSPS) is 11.3. The molecule has 6 heteroatoms. The minimum absolute atomic E-state index is 0.109. The zero-order valence-electron chi connectivity index (χ0n) is 18.0. The molecule has 0 radical (unpaired) electrons. The van der Waals surface area contributed by atoms with E-state index in [1.54, 1.807) is 18.5 Å². The topological polar surface area (TPSA) is 60.7 Å². The zero-order chi connectivity index (χ0) is 21.7. The molecule has 0 aliphatic carbocycles. The van der Waals surface area contributed by atoms with Crippen molar-refractivity contribution in [3.63, 3.8) is 0 Å². The predicted molar refractivity (Wildman–Crippen MR) is 123 cm³/mol. The van der Waals surface area contributed by atoms with Crippen LogP contribution in [0.25, 0.3) is 11.4 Å². The lowest BCUT2D eigenvalue weighted by molar-refractivity contribution is 0.102. The van der Waals surface area contributed by atoms with Crippen molar-refractivity contribution < 1.29 is 4.79 Å². The molecule has 0 saturated heterocycles. The fourth-order valence-corrected chi connectivity index (χ4v) is 4.11. The number of carbonyl (C=O) groups excluding carboxylic acids is 1. The molecule has 2 aromatic heterocycles. The molecule has 1 aromatic carbocycles. The summed E-state index contributed by atoms with van der Waals surface area (Å²) in [6, 6.07) is 10.0. The standard InChI is InChI=1S/C24H28N4OS/c1-6-13-28-23(18-9-11-25-12-10-18)26-27-24(28)30-15-22(29)20-8-7-19(16(2)3)14-21(20)17(4)5/h6-12,14,16-17H,1,13,15H2,2-5H3. The van der Waals surface area contributed by atoms with Gasteiger partial charge in [0.25, 0.3) is 0 Å². The quantitative estimate of drug-likeness (QED) is 0.251. The summed E-state index contributed by atoms with van der Waals surface area (Å²) in [5.74, 6) is 1.89. The molecule has 0 fully saturated rings. The summed E-state index contributed by atoms with van der Waals surface area (Å²) in [5, 5.41) is 9.37. The monoisotopic (exact) mass is 420 g/mol. The Kier molecular flexibility index (Phi) is 7.21. The maximum Gasteiger partial charge on any atom is 0.192 e. The molecule has 30 heavy (non-hydrogen) atoms. The number of thioether (sulfide) groups is 1. The van der Waals surface area contributed by atoms with Crippen molar-refractivity contribution in [2.45, 2.75) is 51.2 Å². The number of pyridine rings is 1. The molecule has 0 aliphatic heterocycles. The van der Waals surface area contributed by atoms with Gasteiger partial charge in [0, 0.05) is 30.1 Å². The largest absolute Gasteiger partial charge is 0.298 e. The van der Waals surface area contributed by atoms with Gasteiger partial charge in [0.15, 0.2) is 16.8 Å². The van der Waals surface area contributed by atoms with Crippen LogP contribution < -0.4 is 0 Å². The highest BCUT2D eigenvalue weighted by atomic mass is 32.2. The van der Waals surface area contributed by atoms with Crippen molar-refractivity contribution in [2.75, 3.05) is 5.75 Å². The minimum atomic E-state index is 0.109. The van der Waals surface area contributed by atoms with Crippen LogP contribution in [0.3, 0.4) is 0 Å². The third kappa shape index (κ3) is 4.87. The van der Waals surface area contributed by atoms with Gasteiger partial charge in [-0.25, -0.2) is 0 Å². The van der Waals surface area contributed by atoms with Crippen LogP contribution in [-0.2, 0) is 6.54 Å². The molecule has 0 aliphatic rings. The summed E-state index contributed by atoms with van der Waals surface area (Å²) < 4.78 is 1.98. The maximum absolute atomic E-state index is 13.1. The van der Waals surface area contributed by atoms with Crippen molar-refractivity contribution in [3.8, 4) is 11.4 Å². The number of benzene rings is 1. The third-order valence-electron chi connectivity index (χ3n) is 4.96. The van der Waals surface area contributed by atoms with Crippen LogP contribution in [0.1, 0.15) is 61.0 Å². The summed E-state index contributed by atoms with van der Waals surface area (Å²) in [5.41, 5.74) is 4.10. The van der Waals surface area contributed by atoms with E-state index in [4.69, 9.17) is 0 Å². The number of rotatable bonds is 9. The van der Waals surface area contributed by atoms with Gasteiger partial charge >= 0.3 is 0 Å². The Balaban J connectivity index is 1.83. The molecule has 0 bridgehead atoms. The second kappa shape index (κ2) is 9.85. The Morgan fingerprint density at radius 1 is 1.10 bits per heavy atom. The van der Waals surface area contributed by atoms with E-state index in [-0.39, 0.29) is 11.7 Å². The average Bonchev–Trinajstić information content (AvgIpc) is 3.15. The van der Waals surface area contributed by atoms with Crippen molar-refractivity contribution in [1.29, 1.82) is 0 Å². The molecular weight excluding hydrogens is 392 g/mol. The first-order valence-corrected chi connectivity index (χ1v) is 11.1. The van der Waals surface area contributed by atoms with Crippen LogP contribution in [0.15, 0.2) is 60.5 Å². The van der Waals surface area contributed by atoms with Gasteiger partial charge in [0.1, 0.15) is 0 Å². The molecule has 2 heterocycles. The molecule has 0 N–H and O–H groups in total. The zero-order valence-corrected chi connectivity index (χ0v) is 18.8. The van der Waals surface area contributed by atoms with Crippen molar-refractivity contribution >= 4 is 17.5 Å². The molecule has 0 amide bonds. The van der Waals surface area contributed by atoms with E-state index in [0.717, 1.165) is 22.5 Å². The van der Waals surface area contributed by atoms with E-state index < -0.39 is 0 Å². The fourth-order valence-electron chi connectivity index (χ4n) is 3.28. The number of hydrogen-bond donors (Lipinski definition) is 0. The Hall–Kier alpha value is -2.73. The van der Waals surface area contributed by atoms with Gasteiger partial charge in [0.05, 0.1) is 5.75 Å². The second-order valence-electron chi connectivity index (χ2n) is 7.81. The Labute approximate surface area is 182 Å². The van der Waals surface area contributed by atoms with Crippen LogP contribution in [0, 0.1) is 0 Å².